The number of nitriles is 1. The fraction of sp³-hybridized carbons (Fsp3) is 0.160. The number of nitrogens with zero attached hydrogens (tertiary/aromatic N) is 3. The summed E-state index contributed by atoms with van der Waals surface area (Å²) in [5.41, 5.74) is 1.45. The summed E-state index contributed by atoms with van der Waals surface area (Å²) < 4.78 is 21.4. The molecule has 1 amide bonds. The van der Waals surface area contributed by atoms with E-state index in [1.54, 1.807) is 48.6 Å². The van der Waals surface area contributed by atoms with Gasteiger partial charge in [-0.3, -0.25) is 9.69 Å². The third-order valence-corrected chi connectivity index (χ3v) is 5.86. The molecule has 0 unspecified atom stereocenters. The first-order valence-electron chi connectivity index (χ1n) is 10.3. The highest BCUT2D eigenvalue weighted by Crippen LogP contribution is 2.37. The summed E-state index contributed by atoms with van der Waals surface area (Å²) in [6.07, 6.45) is 3.34. The number of aliphatic imine (C=N–C) groups is 1. The van der Waals surface area contributed by atoms with Crippen LogP contribution in [0.1, 0.15) is 11.3 Å². The number of amidine groups is 1. The summed E-state index contributed by atoms with van der Waals surface area (Å²) >= 11 is 1.28. The number of carbonyl (C=O) groups is 1. The Bertz CT molecular complexity index is 1260. The lowest BCUT2D eigenvalue weighted by Gasteiger charge is -2.14. The van der Waals surface area contributed by atoms with Crippen molar-refractivity contribution in [3.8, 4) is 23.3 Å². The van der Waals surface area contributed by atoms with Crippen LogP contribution in [-0.2, 0) is 11.3 Å². The van der Waals surface area contributed by atoms with Gasteiger partial charge in [0, 0.05) is 0 Å². The third kappa shape index (κ3) is 5.24. The van der Waals surface area contributed by atoms with Gasteiger partial charge in [0.1, 0.15) is 17.6 Å². The summed E-state index contributed by atoms with van der Waals surface area (Å²) in [6, 6.07) is 18.1. The maximum absolute atomic E-state index is 13.3. The minimum atomic E-state index is -0.183. The minimum absolute atomic E-state index is 0.0853. The van der Waals surface area contributed by atoms with Crippen LogP contribution in [0.25, 0.3) is 6.08 Å². The molecule has 1 aliphatic rings. The van der Waals surface area contributed by atoms with Gasteiger partial charge in [-0.1, -0.05) is 6.07 Å². The van der Waals surface area contributed by atoms with Gasteiger partial charge in [-0.15, -0.1) is 0 Å². The first-order chi connectivity index (χ1) is 16.6. The average molecular weight is 476 g/mol. The number of carbonyl (C=O) groups excluding carboxylic acids is 1. The number of hydrogen-bond acceptors (Lipinski definition) is 8. The molecule has 1 saturated heterocycles. The SMILES string of the molecule is COc1ccc(N=C2SC(=Cc3ccc(OCC#N)c(OC)c3)C(=O)N2Cc2ccco2)cc1. The van der Waals surface area contributed by atoms with E-state index in [0.717, 1.165) is 11.3 Å². The normalized spacial score (nSPS) is 15.6. The second-order valence-electron chi connectivity index (χ2n) is 7.03. The van der Waals surface area contributed by atoms with Crippen molar-refractivity contribution in [1.82, 2.24) is 4.90 Å². The van der Waals surface area contributed by atoms with E-state index in [1.807, 2.05) is 36.4 Å². The van der Waals surface area contributed by atoms with E-state index < -0.39 is 0 Å². The van der Waals surface area contributed by atoms with Crippen molar-refractivity contribution in [3.05, 3.63) is 77.1 Å². The van der Waals surface area contributed by atoms with Crippen LogP contribution in [0.4, 0.5) is 5.69 Å². The van der Waals surface area contributed by atoms with Gasteiger partial charge in [0.05, 0.1) is 37.6 Å². The lowest BCUT2D eigenvalue weighted by atomic mass is 10.2. The quantitative estimate of drug-likeness (QED) is 0.423. The van der Waals surface area contributed by atoms with Crippen molar-refractivity contribution >= 4 is 34.6 Å². The first-order valence-corrected chi connectivity index (χ1v) is 11.1. The van der Waals surface area contributed by atoms with E-state index in [4.69, 9.17) is 28.9 Å². The standard InChI is InChI=1S/C25H21N3O5S/c1-30-19-8-6-18(7-9-19)27-25-28(16-20-4-3-12-32-20)24(29)23(34-25)15-17-5-10-21(33-13-11-26)22(14-17)31-2/h3-10,12,14-15H,13,16H2,1-2H3. The van der Waals surface area contributed by atoms with Crippen molar-refractivity contribution in [2.75, 3.05) is 20.8 Å². The van der Waals surface area contributed by atoms with Crippen LogP contribution in [0.2, 0.25) is 0 Å². The van der Waals surface area contributed by atoms with Crippen molar-refractivity contribution in [3.63, 3.8) is 0 Å². The van der Waals surface area contributed by atoms with Crippen molar-refractivity contribution in [2.45, 2.75) is 6.54 Å². The Morgan fingerprint density at radius 1 is 1.12 bits per heavy atom. The van der Waals surface area contributed by atoms with Crippen LogP contribution < -0.4 is 14.2 Å². The Morgan fingerprint density at radius 3 is 2.62 bits per heavy atom. The molecule has 0 spiro atoms. The van der Waals surface area contributed by atoms with Crippen LogP contribution in [0.15, 0.2) is 75.2 Å². The maximum Gasteiger partial charge on any atom is 0.267 e. The topological polar surface area (TPSA) is 97.3 Å². The lowest BCUT2D eigenvalue weighted by molar-refractivity contribution is -0.122. The van der Waals surface area contributed by atoms with Gasteiger partial charge in [-0.25, -0.2) is 4.99 Å². The number of methoxy groups -OCH3 is 2. The highest BCUT2D eigenvalue weighted by atomic mass is 32.2. The number of hydrogen-bond donors (Lipinski definition) is 0. The maximum atomic E-state index is 13.3. The van der Waals surface area contributed by atoms with Gasteiger partial charge in [0.15, 0.2) is 23.3 Å². The summed E-state index contributed by atoms with van der Waals surface area (Å²) in [7, 11) is 3.12. The number of ether oxygens (including phenoxy) is 3. The van der Waals surface area contributed by atoms with E-state index in [1.165, 1.54) is 18.9 Å². The predicted molar refractivity (Wildman–Crippen MR) is 129 cm³/mol. The molecule has 2 aromatic carbocycles. The predicted octanol–water partition coefficient (Wildman–Crippen LogP) is 5.00. The van der Waals surface area contributed by atoms with E-state index in [0.29, 0.717) is 33.0 Å². The molecule has 4 rings (SSSR count). The molecule has 0 bridgehead atoms. The average Bonchev–Trinajstić information content (AvgIpc) is 3.48. The monoisotopic (exact) mass is 475 g/mol. The van der Waals surface area contributed by atoms with Crippen molar-refractivity contribution in [1.29, 1.82) is 5.26 Å². The number of benzene rings is 2. The zero-order chi connectivity index (χ0) is 23.9. The van der Waals surface area contributed by atoms with Crippen LogP contribution in [0, 0.1) is 11.3 Å². The first kappa shape index (κ1) is 23.0. The summed E-state index contributed by atoms with van der Waals surface area (Å²) in [5, 5.41) is 9.28. The number of thioether (sulfide) groups is 1. The summed E-state index contributed by atoms with van der Waals surface area (Å²) in [5.74, 6) is 2.12. The molecular weight excluding hydrogens is 454 g/mol. The largest absolute Gasteiger partial charge is 0.497 e. The highest BCUT2D eigenvalue weighted by Gasteiger charge is 2.34. The van der Waals surface area contributed by atoms with Gasteiger partial charge < -0.3 is 18.6 Å². The van der Waals surface area contributed by atoms with Crippen molar-refractivity contribution < 1.29 is 23.4 Å². The van der Waals surface area contributed by atoms with Crippen molar-refractivity contribution in [2.24, 2.45) is 4.99 Å². The second-order valence-corrected chi connectivity index (χ2v) is 8.04. The van der Waals surface area contributed by atoms with Crippen LogP contribution in [0.3, 0.4) is 0 Å². The molecule has 1 aliphatic heterocycles. The molecule has 9 heteroatoms. The van der Waals surface area contributed by atoms with E-state index in [2.05, 4.69) is 0 Å². The van der Waals surface area contributed by atoms with Gasteiger partial charge >= 0.3 is 0 Å². The lowest BCUT2D eigenvalue weighted by Crippen LogP contribution is -2.28. The molecule has 8 nitrogen and oxygen atoms in total. The highest BCUT2D eigenvalue weighted by molar-refractivity contribution is 8.18. The fourth-order valence-corrected chi connectivity index (χ4v) is 4.21. The zero-order valence-electron chi connectivity index (χ0n) is 18.6. The third-order valence-electron chi connectivity index (χ3n) is 4.86. The van der Waals surface area contributed by atoms with Crippen LogP contribution in [0.5, 0.6) is 17.2 Å². The molecule has 34 heavy (non-hydrogen) atoms. The fourth-order valence-electron chi connectivity index (χ4n) is 3.21. The molecule has 3 aromatic rings. The molecule has 0 radical (unpaired) electrons. The number of amides is 1. The van der Waals surface area contributed by atoms with Crippen LogP contribution in [-0.4, -0.2) is 36.8 Å². The number of furan rings is 1. The Hall–Kier alpha value is -4.16. The Labute approximate surface area is 201 Å². The molecule has 2 heterocycles. The summed E-state index contributed by atoms with van der Waals surface area (Å²) in [4.78, 5) is 20.1. The van der Waals surface area contributed by atoms with E-state index >= 15 is 0 Å². The Balaban J connectivity index is 1.65. The van der Waals surface area contributed by atoms with Crippen LogP contribution >= 0.6 is 11.8 Å². The molecule has 1 aromatic heterocycles. The molecule has 172 valence electrons. The van der Waals surface area contributed by atoms with Gasteiger partial charge in [-0.2, -0.15) is 5.26 Å². The zero-order valence-corrected chi connectivity index (χ0v) is 19.4. The molecule has 1 fully saturated rings. The molecular formula is C25H21N3O5S. The summed E-state index contributed by atoms with van der Waals surface area (Å²) in [6.45, 7) is 0.174. The Kier molecular flexibility index (Phi) is 7.20. The van der Waals surface area contributed by atoms with Gasteiger partial charge in [0.25, 0.3) is 5.91 Å². The minimum Gasteiger partial charge on any atom is -0.497 e. The molecule has 0 atom stereocenters. The van der Waals surface area contributed by atoms with E-state index in [9.17, 15) is 4.79 Å². The van der Waals surface area contributed by atoms with E-state index in [-0.39, 0.29) is 19.1 Å². The van der Waals surface area contributed by atoms with Gasteiger partial charge in [-0.05, 0) is 71.9 Å². The molecule has 0 saturated carbocycles. The Morgan fingerprint density at radius 2 is 1.94 bits per heavy atom. The second kappa shape index (κ2) is 10.6. The smallest absolute Gasteiger partial charge is 0.267 e. The molecule has 0 aliphatic carbocycles. The molecule has 0 N–H and O–H groups in total. The number of rotatable bonds is 8. The van der Waals surface area contributed by atoms with Gasteiger partial charge in [0.2, 0.25) is 0 Å².